The lowest BCUT2D eigenvalue weighted by Gasteiger charge is -2.31. The molecule has 11 heteroatoms. The number of aryl methyl sites for hydroxylation is 1. The molecular weight excluding hydrogens is 632 g/mol. The largest absolute Gasteiger partial charge is 0.481 e. The highest BCUT2D eigenvalue weighted by Gasteiger charge is 2.34. The van der Waals surface area contributed by atoms with E-state index in [1.54, 1.807) is 25.3 Å². The highest BCUT2D eigenvalue weighted by atomic mass is 16.4. The molecule has 2 aliphatic rings. The smallest absolute Gasteiger partial charge is 0.343 e. The Morgan fingerprint density at radius 2 is 1.54 bits per heavy atom. The van der Waals surface area contributed by atoms with Crippen molar-refractivity contribution >= 4 is 34.9 Å². The molecule has 4 N–H and O–H groups in total. The quantitative estimate of drug-likeness (QED) is 0.124. The third kappa shape index (κ3) is 8.91. The molecule has 0 bridgehead atoms. The highest BCUT2D eigenvalue weighted by molar-refractivity contribution is 6.19. The molecule has 3 aromatic carbocycles. The van der Waals surface area contributed by atoms with Gasteiger partial charge in [0, 0.05) is 41.7 Å². The van der Waals surface area contributed by atoms with Gasteiger partial charge in [0.15, 0.2) is 5.69 Å². The third-order valence-corrected chi connectivity index (χ3v) is 9.14. The van der Waals surface area contributed by atoms with Crippen molar-refractivity contribution in [3.05, 3.63) is 120 Å². The number of amides is 1. The number of hydrogen-bond acceptors (Lipinski definition) is 6. The zero-order valence-corrected chi connectivity index (χ0v) is 28.8. The first kappa shape index (κ1) is 35.7. The number of carboxylic acid groups (broad SMARTS) is 2. The summed E-state index contributed by atoms with van der Waals surface area (Å²) in [7, 11) is 1.86. The fourth-order valence-corrected chi connectivity index (χ4v) is 6.50. The van der Waals surface area contributed by atoms with Crippen LogP contribution in [0.5, 0.6) is 0 Å². The maximum atomic E-state index is 12.3. The Bertz CT molecular complexity index is 1850. The van der Waals surface area contributed by atoms with E-state index >= 15 is 0 Å². The number of para-hydroxylation sites is 2. The molecule has 0 saturated heterocycles. The molecule has 2 atom stereocenters. The van der Waals surface area contributed by atoms with Crippen molar-refractivity contribution in [1.82, 2.24) is 19.7 Å². The molecule has 1 fully saturated rings. The predicted molar refractivity (Wildman–Crippen MR) is 195 cm³/mol. The minimum Gasteiger partial charge on any atom is -0.481 e. The summed E-state index contributed by atoms with van der Waals surface area (Å²) in [5.74, 6) is -1.62. The number of carbonyl (C=O) groups excluding carboxylic acids is 1. The van der Waals surface area contributed by atoms with Gasteiger partial charge in [0.05, 0.1) is 23.8 Å². The number of benzene rings is 3. The number of carboxylic acids is 2. The molecule has 4 aromatic rings. The fraction of sp³-hybridized carbons (Fsp3) is 0.308. The number of aromatic nitrogens is 2. The number of anilines is 1. The van der Waals surface area contributed by atoms with E-state index in [0.717, 1.165) is 22.8 Å². The van der Waals surface area contributed by atoms with Crippen molar-refractivity contribution in [3.63, 3.8) is 0 Å². The summed E-state index contributed by atoms with van der Waals surface area (Å²) in [6.07, 6.45) is 9.82. The van der Waals surface area contributed by atoms with Crippen LogP contribution in [0, 0.1) is 12.8 Å². The van der Waals surface area contributed by atoms with E-state index in [1.807, 2.05) is 72.4 Å². The summed E-state index contributed by atoms with van der Waals surface area (Å²) in [6, 6.07) is 27.3. The number of aliphatic carboxylic acids is 2. The van der Waals surface area contributed by atoms with Gasteiger partial charge in [0.25, 0.3) is 5.91 Å². The maximum Gasteiger partial charge on any atom is 0.343 e. The van der Waals surface area contributed by atoms with Crippen LogP contribution >= 0.6 is 0 Å². The van der Waals surface area contributed by atoms with Crippen molar-refractivity contribution in [2.45, 2.75) is 58.4 Å². The lowest BCUT2D eigenvalue weighted by Crippen LogP contribution is -2.30. The molecule has 0 spiro atoms. The summed E-state index contributed by atoms with van der Waals surface area (Å²) < 4.78 is 2.11. The molecule has 6 rings (SSSR count). The van der Waals surface area contributed by atoms with Crippen LogP contribution in [0.15, 0.2) is 108 Å². The van der Waals surface area contributed by atoms with E-state index in [4.69, 9.17) is 15.3 Å². The standard InChI is InChI=1S/C27H32N4O3.C12H12N2O2/c1-19-24(18-31(30-19)23-10-6-3-7-11-23)26(20-8-4-2-5-9-20)29-22-14-12-21(13-15-22)27(34)28-17-16-25(32)33;1-9-11(12(15)16)8-14(2,13-9)10-6-4-3-5-7-10/h3,6-7,10-15,18,20,26,29H,2,4-5,8-9,16-17H2,1H3,(H,28,34)(H,32,33);3-8H,1-2H3/p+1. The molecule has 50 heavy (non-hydrogen) atoms. The van der Waals surface area contributed by atoms with Gasteiger partial charge in [-0.25, -0.2) is 9.48 Å². The second-order valence-corrected chi connectivity index (χ2v) is 12.8. The molecule has 11 nitrogen and oxygen atoms in total. The van der Waals surface area contributed by atoms with Crippen LogP contribution in [0.4, 0.5) is 11.4 Å². The van der Waals surface area contributed by atoms with Gasteiger partial charge < -0.3 is 20.8 Å². The van der Waals surface area contributed by atoms with Crippen molar-refractivity contribution in [1.29, 1.82) is 0 Å². The molecule has 2 unspecified atom stereocenters. The van der Waals surface area contributed by atoms with Crippen molar-refractivity contribution < 1.29 is 24.6 Å². The second-order valence-electron chi connectivity index (χ2n) is 12.8. The van der Waals surface area contributed by atoms with Gasteiger partial charge >= 0.3 is 11.9 Å². The molecule has 1 aliphatic heterocycles. The van der Waals surface area contributed by atoms with Crippen molar-refractivity contribution in [2.24, 2.45) is 11.0 Å². The average Bonchev–Trinajstić information content (AvgIpc) is 3.67. The van der Waals surface area contributed by atoms with E-state index in [0.29, 0.717) is 17.2 Å². The summed E-state index contributed by atoms with van der Waals surface area (Å²) in [6.45, 7) is 3.89. The minimum atomic E-state index is -0.931. The molecular formula is C39H45N6O5+. The molecule has 1 aliphatic carbocycles. The van der Waals surface area contributed by atoms with Gasteiger partial charge in [0.2, 0.25) is 0 Å². The Labute approximate surface area is 292 Å². The van der Waals surface area contributed by atoms with E-state index in [9.17, 15) is 14.4 Å². The number of nitrogens with one attached hydrogen (secondary N) is 2. The van der Waals surface area contributed by atoms with Gasteiger partial charge in [-0.05, 0) is 69.0 Å². The first-order chi connectivity index (χ1) is 24.0. The Kier molecular flexibility index (Phi) is 11.6. The fourth-order valence-electron chi connectivity index (χ4n) is 6.50. The zero-order chi connectivity index (χ0) is 35.7. The van der Waals surface area contributed by atoms with Gasteiger partial charge in [0.1, 0.15) is 24.5 Å². The SMILES string of the molecule is CC1=N[N+](C)(c2ccccc2)C=C1C(=O)O.Cc1nn(-c2ccccc2)cc1C(Nc1ccc(C(=O)NCCC(=O)O)cc1)C1CCCCC1. The molecule has 0 radical (unpaired) electrons. The van der Waals surface area contributed by atoms with Gasteiger partial charge in [-0.2, -0.15) is 5.10 Å². The zero-order valence-electron chi connectivity index (χ0n) is 28.8. The van der Waals surface area contributed by atoms with Gasteiger partial charge in [-0.3, -0.25) is 9.59 Å². The minimum absolute atomic E-state index is 0.0928. The Balaban J connectivity index is 0.000000253. The Hall–Kier alpha value is -5.55. The number of carbonyl (C=O) groups is 3. The van der Waals surface area contributed by atoms with Crippen LogP contribution in [0.25, 0.3) is 5.69 Å². The second kappa shape index (κ2) is 16.2. The van der Waals surface area contributed by atoms with Crippen LogP contribution in [0.1, 0.15) is 73.1 Å². The molecule has 1 amide bonds. The van der Waals surface area contributed by atoms with E-state index in [1.165, 1.54) is 37.7 Å². The van der Waals surface area contributed by atoms with Crippen LogP contribution in [-0.2, 0) is 9.59 Å². The third-order valence-electron chi connectivity index (χ3n) is 9.14. The summed E-state index contributed by atoms with van der Waals surface area (Å²) in [5, 5.41) is 33.3. The highest BCUT2D eigenvalue weighted by Crippen LogP contribution is 2.38. The summed E-state index contributed by atoms with van der Waals surface area (Å²) in [4.78, 5) is 33.9. The van der Waals surface area contributed by atoms with E-state index < -0.39 is 11.9 Å². The topological polar surface area (TPSA) is 146 Å². The normalized spacial score (nSPS) is 17.8. The van der Waals surface area contributed by atoms with Crippen LogP contribution in [-0.4, -0.2) is 57.1 Å². The van der Waals surface area contributed by atoms with Crippen molar-refractivity contribution in [2.75, 3.05) is 18.9 Å². The molecule has 1 saturated carbocycles. The molecule has 2 heterocycles. The van der Waals surface area contributed by atoms with Crippen molar-refractivity contribution in [3.8, 4) is 5.69 Å². The van der Waals surface area contributed by atoms with E-state index in [2.05, 4.69) is 41.0 Å². The lowest BCUT2D eigenvalue weighted by atomic mass is 9.81. The van der Waals surface area contributed by atoms with Gasteiger partial charge in [-0.15, -0.1) is 4.59 Å². The first-order valence-corrected chi connectivity index (χ1v) is 17.0. The van der Waals surface area contributed by atoms with Gasteiger partial charge in [-0.1, -0.05) is 60.8 Å². The van der Waals surface area contributed by atoms with E-state index in [-0.39, 0.29) is 35.1 Å². The molecule has 1 aromatic heterocycles. The monoisotopic (exact) mass is 677 g/mol. The maximum absolute atomic E-state index is 12.3. The lowest BCUT2D eigenvalue weighted by molar-refractivity contribution is -0.137. The Morgan fingerprint density at radius 1 is 0.900 bits per heavy atom. The average molecular weight is 678 g/mol. The van der Waals surface area contributed by atoms with Crippen LogP contribution in [0.3, 0.4) is 0 Å². The number of hydrogen-bond donors (Lipinski definition) is 4. The van der Waals surface area contributed by atoms with Crippen LogP contribution in [0.2, 0.25) is 0 Å². The Morgan fingerprint density at radius 3 is 2.14 bits per heavy atom. The number of rotatable bonds is 11. The van der Waals surface area contributed by atoms with Crippen LogP contribution < -0.4 is 15.2 Å². The number of nitrogens with zero attached hydrogens (tertiary/aromatic N) is 4. The molecule has 260 valence electrons. The first-order valence-electron chi connectivity index (χ1n) is 17.0. The predicted octanol–water partition coefficient (Wildman–Crippen LogP) is 7.10. The number of quaternary nitrogens is 1. The summed E-state index contributed by atoms with van der Waals surface area (Å²) >= 11 is 0. The summed E-state index contributed by atoms with van der Waals surface area (Å²) in [5.41, 5.74) is 6.48.